The molecular weight excluding hydrogens is 442 g/mol. The average Bonchev–Trinajstić information content (AvgIpc) is 2.74. The van der Waals surface area contributed by atoms with E-state index in [0.717, 1.165) is 12.8 Å². The smallest absolute Gasteiger partial charge is 0.337 e. The number of aliphatic carboxylic acids is 1. The summed E-state index contributed by atoms with van der Waals surface area (Å²) in [6, 6.07) is 2.79. The fraction of sp³-hybridized carbons (Fsp3) is 0.538. The summed E-state index contributed by atoms with van der Waals surface area (Å²) in [5.41, 5.74) is 1.03. The first kappa shape index (κ1) is 25.9. The molecule has 3 rings (SSSR count). The number of anilines is 1. The number of aryl methyl sites for hydroxylation is 1. The quantitative estimate of drug-likeness (QED) is 0.559. The summed E-state index contributed by atoms with van der Waals surface area (Å²) in [6.45, 7) is 12.7. The molecule has 1 aromatic carbocycles. The number of pyridine rings is 1. The van der Waals surface area contributed by atoms with E-state index in [4.69, 9.17) is 9.47 Å². The molecule has 2 heterocycles. The molecule has 6 nitrogen and oxygen atoms in total. The van der Waals surface area contributed by atoms with Crippen LogP contribution in [0.25, 0.3) is 11.1 Å². The highest BCUT2D eigenvalue weighted by molar-refractivity contribution is 5.86. The standard InChI is InChI=1S/C26H34F2N2O4/c1-15-19(23(24(31)32)34-25(2,3)4)22(30-12-10-26(5,6)11-13-30)17(14-29-15)16-8-9-18(33-7)21(28)20(16)27/h8-9,14,23H,10-13H2,1-7H3,(H,31,32)/t23-/m0/s1. The number of aromatic nitrogens is 1. The molecule has 0 amide bonds. The predicted octanol–water partition coefficient (Wildman–Crippen LogP) is 5.91. The van der Waals surface area contributed by atoms with Crippen molar-refractivity contribution in [3.05, 3.63) is 41.2 Å². The second-order valence-corrected chi connectivity index (χ2v) is 10.6. The number of hydrogen-bond donors (Lipinski definition) is 1. The van der Waals surface area contributed by atoms with Gasteiger partial charge in [0, 0.05) is 41.7 Å². The van der Waals surface area contributed by atoms with Gasteiger partial charge in [-0.1, -0.05) is 13.8 Å². The van der Waals surface area contributed by atoms with E-state index in [-0.39, 0.29) is 16.7 Å². The van der Waals surface area contributed by atoms with E-state index in [2.05, 4.69) is 18.8 Å². The normalized spacial score (nSPS) is 16.9. The number of carbonyl (C=O) groups is 1. The first-order chi connectivity index (χ1) is 15.8. The lowest BCUT2D eigenvalue weighted by Gasteiger charge is -2.41. The summed E-state index contributed by atoms with van der Waals surface area (Å²) in [5.74, 6) is -3.55. The Balaban J connectivity index is 2.30. The van der Waals surface area contributed by atoms with Gasteiger partial charge in [0.25, 0.3) is 0 Å². The third-order valence-corrected chi connectivity index (χ3v) is 6.24. The van der Waals surface area contributed by atoms with Crippen LogP contribution in [0.4, 0.5) is 14.5 Å². The minimum absolute atomic E-state index is 0.00761. The van der Waals surface area contributed by atoms with Crippen LogP contribution < -0.4 is 9.64 Å². The van der Waals surface area contributed by atoms with E-state index in [9.17, 15) is 14.3 Å². The molecule has 1 atom stereocenters. The summed E-state index contributed by atoms with van der Waals surface area (Å²) in [4.78, 5) is 18.8. The molecule has 0 radical (unpaired) electrons. The van der Waals surface area contributed by atoms with Crippen molar-refractivity contribution in [2.45, 2.75) is 66.1 Å². The molecule has 1 N–H and O–H groups in total. The van der Waals surface area contributed by atoms with Crippen LogP contribution in [0.15, 0.2) is 18.3 Å². The molecule has 0 saturated carbocycles. The third-order valence-electron chi connectivity index (χ3n) is 6.24. The van der Waals surface area contributed by atoms with E-state index in [1.54, 1.807) is 27.7 Å². The summed E-state index contributed by atoms with van der Waals surface area (Å²) >= 11 is 0. The molecule has 1 aromatic heterocycles. The van der Waals surface area contributed by atoms with Gasteiger partial charge >= 0.3 is 5.97 Å². The van der Waals surface area contributed by atoms with Crippen LogP contribution in [-0.4, -0.2) is 41.9 Å². The van der Waals surface area contributed by atoms with Crippen molar-refractivity contribution in [3.63, 3.8) is 0 Å². The molecule has 0 bridgehead atoms. The van der Waals surface area contributed by atoms with Crippen LogP contribution in [0, 0.1) is 24.0 Å². The monoisotopic (exact) mass is 476 g/mol. The van der Waals surface area contributed by atoms with Crippen LogP contribution in [-0.2, 0) is 9.53 Å². The van der Waals surface area contributed by atoms with Crippen molar-refractivity contribution in [2.24, 2.45) is 5.41 Å². The molecule has 2 aromatic rings. The lowest BCUT2D eigenvalue weighted by Crippen LogP contribution is -2.39. The molecule has 1 aliphatic rings. The van der Waals surface area contributed by atoms with Crippen LogP contribution in [0.5, 0.6) is 5.75 Å². The molecule has 0 unspecified atom stereocenters. The Kier molecular flexibility index (Phi) is 7.22. The highest BCUT2D eigenvalue weighted by Gasteiger charge is 2.36. The number of carboxylic acid groups (broad SMARTS) is 1. The molecule has 0 spiro atoms. The van der Waals surface area contributed by atoms with Crippen molar-refractivity contribution in [1.29, 1.82) is 0 Å². The van der Waals surface area contributed by atoms with E-state index >= 15 is 4.39 Å². The van der Waals surface area contributed by atoms with Crippen molar-refractivity contribution < 1.29 is 28.2 Å². The molecular formula is C26H34F2N2O4. The summed E-state index contributed by atoms with van der Waals surface area (Å²) in [6.07, 6.45) is 1.88. The number of hydrogen-bond acceptors (Lipinski definition) is 5. The number of ether oxygens (including phenoxy) is 2. The Hall–Kier alpha value is -2.74. The fourth-order valence-corrected chi connectivity index (χ4v) is 4.28. The van der Waals surface area contributed by atoms with E-state index in [0.29, 0.717) is 35.6 Å². The van der Waals surface area contributed by atoms with Gasteiger partial charge in [-0.2, -0.15) is 4.39 Å². The maximum absolute atomic E-state index is 15.2. The molecule has 1 aliphatic heterocycles. The van der Waals surface area contributed by atoms with E-state index in [1.165, 1.54) is 25.4 Å². The van der Waals surface area contributed by atoms with Crippen LogP contribution in [0.3, 0.4) is 0 Å². The number of halogens is 2. The first-order valence-corrected chi connectivity index (χ1v) is 11.4. The SMILES string of the molecule is COc1ccc(-c2cnc(C)c([C@H](OC(C)(C)C)C(=O)O)c2N2CCC(C)(C)CC2)c(F)c1F. The fourth-order valence-electron chi connectivity index (χ4n) is 4.28. The van der Waals surface area contributed by atoms with Gasteiger partial charge in [-0.05, 0) is 58.1 Å². The molecule has 1 saturated heterocycles. The molecule has 34 heavy (non-hydrogen) atoms. The second kappa shape index (κ2) is 9.49. The van der Waals surface area contributed by atoms with Gasteiger partial charge < -0.3 is 19.5 Å². The van der Waals surface area contributed by atoms with E-state index in [1.807, 2.05) is 4.90 Å². The number of methoxy groups -OCH3 is 1. The number of piperidine rings is 1. The average molecular weight is 477 g/mol. The van der Waals surface area contributed by atoms with Gasteiger partial charge in [0.1, 0.15) is 0 Å². The van der Waals surface area contributed by atoms with Gasteiger partial charge in [-0.15, -0.1) is 0 Å². The topological polar surface area (TPSA) is 71.9 Å². The summed E-state index contributed by atoms with van der Waals surface area (Å²) in [7, 11) is 1.27. The van der Waals surface area contributed by atoms with Gasteiger partial charge in [0.05, 0.1) is 18.4 Å². The number of nitrogens with zero attached hydrogens (tertiary/aromatic N) is 2. The van der Waals surface area contributed by atoms with Crippen LogP contribution in [0.1, 0.15) is 64.8 Å². The van der Waals surface area contributed by atoms with Crippen molar-refractivity contribution >= 4 is 11.7 Å². The highest BCUT2D eigenvalue weighted by atomic mass is 19.2. The maximum atomic E-state index is 15.2. The van der Waals surface area contributed by atoms with Gasteiger partial charge in [-0.25, -0.2) is 9.18 Å². The Morgan fingerprint density at radius 3 is 2.29 bits per heavy atom. The van der Waals surface area contributed by atoms with Crippen molar-refractivity contribution in [3.8, 4) is 16.9 Å². The maximum Gasteiger partial charge on any atom is 0.337 e. The second-order valence-electron chi connectivity index (χ2n) is 10.6. The van der Waals surface area contributed by atoms with Crippen molar-refractivity contribution in [1.82, 2.24) is 4.98 Å². The zero-order valence-corrected chi connectivity index (χ0v) is 21.0. The Labute approximate surface area is 199 Å². The minimum atomic E-state index is -1.33. The number of benzene rings is 1. The number of rotatable bonds is 6. The third kappa shape index (κ3) is 5.32. The van der Waals surface area contributed by atoms with Crippen molar-refractivity contribution in [2.75, 3.05) is 25.1 Å². The number of carboxylic acids is 1. The Bertz CT molecular complexity index is 1070. The molecule has 1 fully saturated rings. The highest BCUT2D eigenvalue weighted by Crippen LogP contribution is 2.44. The summed E-state index contributed by atoms with van der Waals surface area (Å²) < 4.78 is 40.8. The van der Waals surface area contributed by atoms with Crippen LogP contribution in [0.2, 0.25) is 0 Å². The molecule has 0 aliphatic carbocycles. The minimum Gasteiger partial charge on any atom is -0.494 e. The molecule has 186 valence electrons. The zero-order chi connectivity index (χ0) is 25.4. The van der Waals surface area contributed by atoms with Gasteiger partial charge in [-0.3, -0.25) is 4.98 Å². The Morgan fingerprint density at radius 1 is 1.15 bits per heavy atom. The lowest BCUT2D eigenvalue weighted by atomic mass is 9.82. The predicted molar refractivity (Wildman–Crippen MR) is 127 cm³/mol. The molecule has 8 heteroatoms. The first-order valence-electron chi connectivity index (χ1n) is 11.4. The van der Waals surface area contributed by atoms with E-state index < -0.39 is 29.3 Å². The largest absolute Gasteiger partial charge is 0.494 e. The lowest BCUT2D eigenvalue weighted by molar-refractivity contribution is -0.160. The zero-order valence-electron chi connectivity index (χ0n) is 21.0. The summed E-state index contributed by atoms with van der Waals surface area (Å²) in [5, 5.41) is 10.1. The van der Waals surface area contributed by atoms with Crippen LogP contribution >= 0.6 is 0 Å². The van der Waals surface area contributed by atoms with Gasteiger partial charge in [0.2, 0.25) is 5.82 Å². The Morgan fingerprint density at radius 2 is 1.76 bits per heavy atom. The van der Waals surface area contributed by atoms with Gasteiger partial charge in [0.15, 0.2) is 17.7 Å².